The molecule has 1 aliphatic heterocycles. The normalized spacial score (nSPS) is 20.4. The van der Waals surface area contributed by atoms with Crippen LogP contribution >= 0.6 is 0 Å². The molecule has 30 heavy (non-hydrogen) atoms. The molecule has 6 nitrogen and oxygen atoms in total. The number of benzene rings is 2. The van der Waals surface area contributed by atoms with Crippen LogP contribution in [0.5, 0.6) is 5.75 Å². The zero-order valence-electron chi connectivity index (χ0n) is 18.5. The number of rotatable bonds is 7. The number of aliphatic imine (C=N–C) groups is 1. The van der Waals surface area contributed by atoms with Crippen LogP contribution in [0.4, 0.5) is 5.69 Å². The minimum Gasteiger partial charge on any atom is -0.491 e. The number of ether oxygens (including phenoxy) is 2. The second kappa shape index (κ2) is 10.5. The first kappa shape index (κ1) is 22.1. The molecule has 0 spiro atoms. The quantitative estimate of drug-likeness (QED) is 0.533. The largest absolute Gasteiger partial charge is 0.491 e. The van der Waals surface area contributed by atoms with Crippen LogP contribution in [0.3, 0.4) is 0 Å². The summed E-state index contributed by atoms with van der Waals surface area (Å²) in [5.74, 6) is 1.24. The number of nitrogens with one attached hydrogen (secondary N) is 1. The molecule has 1 aliphatic rings. The Morgan fingerprint density at radius 2 is 1.67 bits per heavy atom. The fraction of sp³-hybridized carbons (Fsp3) is 0.458. The van der Waals surface area contributed by atoms with E-state index in [0.29, 0.717) is 12.5 Å². The van der Waals surface area contributed by atoms with E-state index in [0.717, 1.165) is 36.6 Å². The van der Waals surface area contributed by atoms with E-state index in [1.807, 2.05) is 38.1 Å². The molecule has 1 saturated heterocycles. The second-order valence-corrected chi connectivity index (χ2v) is 8.29. The summed E-state index contributed by atoms with van der Waals surface area (Å²) in [5.41, 5.74) is 9.36. The first-order chi connectivity index (χ1) is 14.4. The molecule has 0 radical (unpaired) electrons. The van der Waals surface area contributed by atoms with Gasteiger partial charge in [-0.2, -0.15) is 0 Å². The maximum Gasteiger partial charge on any atom is 0.193 e. The van der Waals surface area contributed by atoms with E-state index >= 15 is 0 Å². The summed E-state index contributed by atoms with van der Waals surface area (Å²) in [5, 5.41) is 3.12. The topological polar surface area (TPSA) is 72.1 Å². The van der Waals surface area contributed by atoms with Crippen molar-refractivity contribution in [1.82, 2.24) is 4.90 Å². The van der Waals surface area contributed by atoms with Gasteiger partial charge < -0.3 is 20.5 Å². The van der Waals surface area contributed by atoms with Gasteiger partial charge in [0.05, 0.1) is 24.9 Å². The highest BCUT2D eigenvalue weighted by Crippen LogP contribution is 2.17. The van der Waals surface area contributed by atoms with Crippen LogP contribution in [-0.4, -0.2) is 42.3 Å². The standard InChI is InChI=1S/C24H34N4O2/c1-17(2)29-23-11-9-22(10-12-23)27-24(25)26-13-20-5-7-21(8-6-20)16-28-14-18(3)30-19(4)15-28/h5-12,17-19H,13-16H2,1-4H3,(H3,25,26,27). The first-order valence-corrected chi connectivity index (χ1v) is 10.7. The number of morpholine rings is 1. The maximum absolute atomic E-state index is 6.04. The highest BCUT2D eigenvalue weighted by Gasteiger charge is 2.21. The van der Waals surface area contributed by atoms with Crippen molar-refractivity contribution in [2.45, 2.75) is 59.1 Å². The first-order valence-electron chi connectivity index (χ1n) is 10.7. The monoisotopic (exact) mass is 410 g/mol. The molecule has 2 aromatic rings. The van der Waals surface area contributed by atoms with Crippen molar-refractivity contribution in [3.8, 4) is 5.75 Å². The van der Waals surface area contributed by atoms with E-state index in [1.165, 1.54) is 5.56 Å². The van der Waals surface area contributed by atoms with Crippen molar-refractivity contribution in [2.75, 3.05) is 18.4 Å². The Kier molecular flexibility index (Phi) is 7.71. The summed E-state index contributed by atoms with van der Waals surface area (Å²) in [7, 11) is 0. The minimum atomic E-state index is 0.155. The van der Waals surface area contributed by atoms with Gasteiger partial charge >= 0.3 is 0 Å². The predicted molar refractivity (Wildman–Crippen MR) is 123 cm³/mol. The highest BCUT2D eigenvalue weighted by molar-refractivity contribution is 5.92. The summed E-state index contributed by atoms with van der Waals surface area (Å²) >= 11 is 0. The molecule has 2 atom stereocenters. The number of anilines is 1. The molecule has 0 bridgehead atoms. The molecule has 3 rings (SSSR count). The molecular formula is C24H34N4O2. The van der Waals surface area contributed by atoms with E-state index in [1.54, 1.807) is 0 Å². The molecular weight excluding hydrogens is 376 g/mol. The van der Waals surface area contributed by atoms with E-state index in [4.69, 9.17) is 15.2 Å². The van der Waals surface area contributed by atoms with Crippen molar-refractivity contribution in [2.24, 2.45) is 10.7 Å². The van der Waals surface area contributed by atoms with Gasteiger partial charge in [-0.25, -0.2) is 4.99 Å². The molecule has 0 aromatic heterocycles. The summed E-state index contributed by atoms with van der Waals surface area (Å²) in [6.45, 7) is 11.7. The van der Waals surface area contributed by atoms with Gasteiger partial charge in [0, 0.05) is 25.3 Å². The molecule has 2 aromatic carbocycles. The van der Waals surface area contributed by atoms with Crippen LogP contribution in [0.15, 0.2) is 53.5 Å². The zero-order chi connectivity index (χ0) is 21.5. The highest BCUT2D eigenvalue weighted by atomic mass is 16.5. The summed E-state index contributed by atoms with van der Waals surface area (Å²) in [4.78, 5) is 6.90. The van der Waals surface area contributed by atoms with E-state index in [-0.39, 0.29) is 18.3 Å². The van der Waals surface area contributed by atoms with Crippen molar-refractivity contribution in [1.29, 1.82) is 0 Å². The Labute approximate surface area is 180 Å². The fourth-order valence-electron chi connectivity index (χ4n) is 3.67. The zero-order valence-corrected chi connectivity index (χ0v) is 18.5. The SMILES string of the molecule is CC(C)Oc1ccc(NC(N)=NCc2ccc(CN3CC(C)OC(C)C3)cc2)cc1. The molecule has 3 N–H and O–H groups in total. The third kappa shape index (κ3) is 7.04. The molecule has 162 valence electrons. The van der Waals surface area contributed by atoms with Crippen LogP contribution in [-0.2, 0) is 17.8 Å². The third-order valence-corrected chi connectivity index (χ3v) is 4.85. The smallest absolute Gasteiger partial charge is 0.193 e. The summed E-state index contributed by atoms with van der Waals surface area (Å²) < 4.78 is 11.5. The van der Waals surface area contributed by atoms with Gasteiger partial charge in [0.1, 0.15) is 5.75 Å². The summed E-state index contributed by atoms with van der Waals surface area (Å²) in [6.07, 6.45) is 0.733. The lowest BCUT2D eigenvalue weighted by molar-refractivity contribution is -0.0704. The lowest BCUT2D eigenvalue weighted by Gasteiger charge is -2.35. The van der Waals surface area contributed by atoms with Crippen LogP contribution in [0.25, 0.3) is 0 Å². The lowest BCUT2D eigenvalue weighted by Crippen LogP contribution is -2.44. The number of hydrogen-bond acceptors (Lipinski definition) is 4. The van der Waals surface area contributed by atoms with Crippen molar-refractivity contribution < 1.29 is 9.47 Å². The van der Waals surface area contributed by atoms with Gasteiger partial charge in [0.15, 0.2) is 5.96 Å². The van der Waals surface area contributed by atoms with Crippen molar-refractivity contribution in [3.63, 3.8) is 0 Å². The van der Waals surface area contributed by atoms with Gasteiger partial charge in [-0.15, -0.1) is 0 Å². The number of hydrogen-bond donors (Lipinski definition) is 2. The average molecular weight is 411 g/mol. The number of nitrogens with two attached hydrogens (primary N) is 1. The Balaban J connectivity index is 1.49. The van der Waals surface area contributed by atoms with Crippen LogP contribution in [0.1, 0.15) is 38.8 Å². The van der Waals surface area contributed by atoms with Gasteiger partial charge in [0.2, 0.25) is 0 Å². The Bertz CT molecular complexity index is 808. The molecule has 1 fully saturated rings. The van der Waals surface area contributed by atoms with E-state index in [9.17, 15) is 0 Å². The molecule has 6 heteroatoms. The van der Waals surface area contributed by atoms with E-state index in [2.05, 4.69) is 53.3 Å². The van der Waals surface area contributed by atoms with Gasteiger partial charge in [-0.3, -0.25) is 4.90 Å². The Hall–Kier alpha value is -2.57. The lowest BCUT2D eigenvalue weighted by atomic mass is 10.1. The molecule has 2 unspecified atom stereocenters. The van der Waals surface area contributed by atoms with Crippen molar-refractivity contribution >= 4 is 11.6 Å². The van der Waals surface area contributed by atoms with Crippen LogP contribution in [0.2, 0.25) is 0 Å². The van der Waals surface area contributed by atoms with Gasteiger partial charge in [-0.05, 0) is 63.1 Å². The van der Waals surface area contributed by atoms with Crippen molar-refractivity contribution in [3.05, 3.63) is 59.7 Å². The second-order valence-electron chi connectivity index (χ2n) is 8.29. The van der Waals surface area contributed by atoms with Gasteiger partial charge in [-0.1, -0.05) is 24.3 Å². The number of nitrogens with zero attached hydrogens (tertiary/aromatic N) is 2. The Morgan fingerprint density at radius 3 is 2.27 bits per heavy atom. The molecule has 0 amide bonds. The molecule has 0 saturated carbocycles. The maximum atomic E-state index is 6.04. The number of guanidine groups is 1. The van der Waals surface area contributed by atoms with Crippen LogP contribution < -0.4 is 15.8 Å². The summed E-state index contributed by atoms with van der Waals surface area (Å²) in [6, 6.07) is 16.3. The minimum absolute atomic E-state index is 0.155. The third-order valence-electron chi connectivity index (χ3n) is 4.85. The average Bonchev–Trinajstić information content (AvgIpc) is 2.68. The van der Waals surface area contributed by atoms with E-state index < -0.39 is 0 Å². The predicted octanol–water partition coefficient (Wildman–Crippen LogP) is 4.01. The van der Waals surface area contributed by atoms with Gasteiger partial charge in [0.25, 0.3) is 0 Å². The fourth-order valence-corrected chi connectivity index (χ4v) is 3.67. The molecule has 0 aliphatic carbocycles. The Morgan fingerprint density at radius 1 is 1.07 bits per heavy atom. The van der Waals surface area contributed by atoms with Crippen LogP contribution in [0, 0.1) is 0 Å². The molecule has 1 heterocycles.